The molecule has 98 valence electrons. The van der Waals surface area contributed by atoms with Crippen molar-refractivity contribution in [3.05, 3.63) is 66.2 Å². The molecule has 0 bridgehead atoms. The monoisotopic (exact) mass is 251 g/mol. The Labute approximate surface area is 115 Å². The van der Waals surface area contributed by atoms with Gasteiger partial charge in [-0.3, -0.25) is 0 Å². The lowest BCUT2D eigenvalue weighted by molar-refractivity contribution is 0.795. The Kier molecular flexibility index (Phi) is 4.40. The second kappa shape index (κ2) is 6.24. The first kappa shape index (κ1) is 13.4. The van der Waals surface area contributed by atoms with Crippen LogP contribution >= 0.6 is 0 Å². The van der Waals surface area contributed by atoms with Crippen molar-refractivity contribution in [3.8, 4) is 11.1 Å². The van der Waals surface area contributed by atoms with Crippen molar-refractivity contribution in [1.29, 1.82) is 0 Å². The molecule has 0 unspecified atom stereocenters. The minimum absolute atomic E-state index is 0.612. The molecule has 1 nitrogen and oxygen atoms in total. The molecule has 2 rings (SSSR count). The minimum atomic E-state index is 0.612. The van der Waals surface area contributed by atoms with Gasteiger partial charge in [0.1, 0.15) is 0 Å². The number of hydrogen-bond acceptors (Lipinski definition) is 1. The maximum Gasteiger partial charge on any atom is 0.0314 e. The standard InChI is InChI=1S/C18H21N/c1-3-4-5-15-6-8-17(9-7-15)18-12-10-16(11-13-18)14(2)19/h6-13H,2-5,19H2,1H3. The molecular formula is C18H21N. The summed E-state index contributed by atoms with van der Waals surface area (Å²) in [7, 11) is 0. The van der Waals surface area contributed by atoms with Crippen LogP contribution in [0.5, 0.6) is 0 Å². The molecule has 0 aromatic heterocycles. The van der Waals surface area contributed by atoms with E-state index in [1.165, 1.54) is 36.0 Å². The Morgan fingerprint density at radius 1 is 0.947 bits per heavy atom. The Bertz CT molecular complexity index is 535. The van der Waals surface area contributed by atoms with Gasteiger partial charge in [-0.2, -0.15) is 0 Å². The van der Waals surface area contributed by atoms with E-state index in [9.17, 15) is 0 Å². The molecule has 19 heavy (non-hydrogen) atoms. The molecule has 2 aromatic rings. The Morgan fingerprint density at radius 3 is 1.95 bits per heavy atom. The van der Waals surface area contributed by atoms with E-state index >= 15 is 0 Å². The van der Waals surface area contributed by atoms with E-state index in [2.05, 4.69) is 49.9 Å². The highest BCUT2D eigenvalue weighted by Gasteiger charge is 1.99. The summed E-state index contributed by atoms with van der Waals surface area (Å²) in [5.41, 5.74) is 11.2. The summed E-state index contributed by atoms with van der Waals surface area (Å²) in [6.45, 7) is 5.97. The van der Waals surface area contributed by atoms with Crippen molar-refractivity contribution in [2.45, 2.75) is 26.2 Å². The van der Waals surface area contributed by atoms with Crippen LogP contribution in [0.4, 0.5) is 0 Å². The molecule has 0 saturated heterocycles. The molecule has 0 aliphatic carbocycles. The van der Waals surface area contributed by atoms with Gasteiger partial charge in [0.25, 0.3) is 0 Å². The van der Waals surface area contributed by atoms with Gasteiger partial charge in [0.05, 0.1) is 0 Å². The van der Waals surface area contributed by atoms with Crippen molar-refractivity contribution in [2.75, 3.05) is 0 Å². The van der Waals surface area contributed by atoms with E-state index in [4.69, 9.17) is 5.73 Å². The lowest BCUT2D eigenvalue weighted by atomic mass is 10.0. The predicted molar refractivity (Wildman–Crippen MR) is 83.7 cm³/mol. The molecule has 0 aliphatic heterocycles. The van der Waals surface area contributed by atoms with Crippen LogP contribution in [0.1, 0.15) is 30.9 Å². The van der Waals surface area contributed by atoms with Crippen LogP contribution in [-0.4, -0.2) is 0 Å². The van der Waals surface area contributed by atoms with E-state index in [1.807, 2.05) is 12.1 Å². The fourth-order valence-electron chi connectivity index (χ4n) is 2.12. The fourth-order valence-corrected chi connectivity index (χ4v) is 2.12. The van der Waals surface area contributed by atoms with Crippen LogP contribution in [0.25, 0.3) is 16.8 Å². The highest BCUT2D eigenvalue weighted by atomic mass is 14.6. The summed E-state index contributed by atoms with van der Waals surface area (Å²) in [5.74, 6) is 0. The first-order chi connectivity index (χ1) is 9.20. The zero-order valence-corrected chi connectivity index (χ0v) is 11.5. The van der Waals surface area contributed by atoms with Gasteiger partial charge in [-0.1, -0.05) is 68.5 Å². The second-order valence-corrected chi connectivity index (χ2v) is 4.90. The third kappa shape index (κ3) is 3.47. The molecule has 0 spiro atoms. The van der Waals surface area contributed by atoms with Gasteiger partial charge in [0.15, 0.2) is 0 Å². The van der Waals surface area contributed by atoms with Crippen LogP contribution in [0.3, 0.4) is 0 Å². The molecular weight excluding hydrogens is 230 g/mol. The topological polar surface area (TPSA) is 26.0 Å². The lowest BCUT2D eigenvalue weighted by Gasteiger charge is -2.06. The summed E-state index contributed by atoms with van der Waals surface area (Å²) in [6, 6.07) is 17.0. The van der Waals surface area contributed by atoms with E-state index in [-0.39, 0.29) is 0 Å². The second-order valence-electron chi connectivity index (χ2n) is 4.90. The van der Waals surface area contributed by atoms with Crippen LogP contribution in [0.2, 0.25) is 0 Å². The smallest absolute Gasteiger partial charge is 0.0314 e. The van der Waals surface area contributed by atoms with Crippen molar-refractivity contribution in [3.63, 3.8) is 0 Å². The Balaban J connectivity index is 2.15. The van der Waals surface area contributed by atoms with Crippen molar-refractivity contribution < 1.29 is 0 Å². The maximum absolute atomic E-state index is 5.67. The number of hydrogen-bond donors (Lipinski definition) is 1. The predicted octanol–water partition coefficient (Wildman–Crippen LogP) is 4.63. The van der Waals surface area contributed by atoms with Crippen molar-refractivity contribution in [2.24, 2.45) is 5.73 Å². The Morgan fingerprint density at radius 2 is 1.47 bits per heavy atom. The molecule has 0 amide bonds. The van der Waals surface area contributed by atoms with Gasteiger partial charge >= 0.3 is 0 Å². The lowest BCUT2D eigenvalue weighted by Crippen LogP contribution is -1.93. The van der Waals surface area contributed by atoms with E-state index in [0.29, 0.717) is 5.70 Å². The van der Waals surface area contributed by atoms with Crippen LogP contribution in [-0.2, 0) is 6.42 Å². The first-order valence-corrected chi connectivity index (χ1v) is 6.85. The highest BCUT2D eigenvalue weighted by molar-refractivity contribution is 5.68. The van der Waals surface area contributed by atoms with E-state index in [0.717, 1.165) is 5.56 Å². The molecule has 2 N–H and O–H groups in total. The number of aryl methyl sites for hydroxylation is 1. The van der Waals surface area contributed by atoms with E-state index < -0.39 is 0 Å². The minimum Gasteiger partial charge on any atom is -0.399 e. The summed E-state index contributed by atoms with van der Waals surface area (Å²) < 4.78 is 0. The van der Waals surface area contributed by atoms with Crippen molar-refractivity contribution in [1.82, 2.24) is 0 Å². The van der Waals surface area contributed by atoms with Gasteiger partial charge in [-0.25, -0.2) is 0 Å². The maximum atomic E-state index is 5.67. The molecule has 1 heteroatoms. The molecule has 2 aromatic carbocycles. The van der Waals surface area contributed by atoms with Gasteiger partial charge in [-0.15, -0.1) is 0 Å². The number of benzene rings is 2. The number of unbranched alkanes of at least 4 members (excludes halogenated alkanes) is 1. The third-order valence-corrected chi connectivity index (χ3v) is 3.36. The average Bonchev–Trinajstić information content (AvgIpc) is 2.46. The molecule has 0 atom stereocenters. The molecule has 0 aliphatic rings. The van der Waals surface area contributed by atoms with Crippen LogP contribution in [0.15, 0.2) is 55.1 Å². The SMILES string of the molecule is C=C(N)c1ccc(-c2ccc(CCCC)cc2)cc1. The quantitative estimate of drug-likeness (QED) is 0.824. The molecule has 0 radical (unpaired) electrons. The number of nitrogens with two attached hydrogens (primary N) is 1. The Hall–Kier alpha value is -2.02. The average molecular weight is 251 g/mol. The number of rotatable bonds is 5. The van der Waals surface area contributed by atoms with Crippen LogP contribution in [0, 0.1) is 0 Å². The summed E-state index contributed by atoms with van der Waals surface area (Å²) in [5, 5.41) is 0. The normalized spacial score (nSPS) is 10.4. The molecule has 0 fully saturated rings. The summed E-state index contributed by atoms with van der Waals surface area (Å²) in [6.07, 6.45) is 3.67. The van der Waals surface area contributed by atoms with Gasteiger partial charge in [0.2, 0.25) is 0 Å². The molecule has 0 heterocycles. The fraction of sp³-hybridized carbons (Fsp3) is 0.222. The zero-order valence-electron chi connectivity index (χ0n) is 11.5. The highest BCUT2D eigenvalue weighted by Crippen LogP contribution is 2.22. The van der Waals surface area contributed by atoms with Crippen molar-refractivity contribution >= 4 is 5.70 Å². The molecule has 0 saturated carbocycles. The van der Waals surface area contributed by atoms with Gasteiger partial charge < -0.3 is 5.73 Å². The van der Waals surface area contributed by atoms with Gasteiger partial charge in [-0.05, 0) is 35.1 Å². The van der Waals surface area contributed by atoms with Crippen LogP contribution < -0.4 is 5.73 Å². The third-order valence-electron chi connectivity index (χ3n) is 3.36. The zero-order chi connectivity index (χ0) is 13.7. The largest absolute Gasteiger partial charge is 0.399 e. The van der Waals surface area contributed by atoms with Gasteiger partial charge in [0, 0.05) is 5.70 Å². The first-order valence-electron chi connectivity index (χ1n) is 6.85. The summed E-state index contributed by atoms with van der Waals surface area (Å²) >= 11 is 0. The van der Waals surface area contributed by atoms with E-state index in [1.54, 1.807) is 0 Å². The summed E-state index contributed by atoms with van der Waals surface area (Å²) in [4.78, 5) is 0.